The number of amides is 1. The molecule has 0 spiro atoms. The number of hydrogen-bond donors (Lipinski definition) is 1. The van der Waals surface area contributed by atoms with Crippen LogP contribution < -0.4 is 0 Å². The van der Waals surface area contributed by atoms with Crippen molar-refractivity contribution >= 4 is 11.9 Å². The summed E-state index contributed by atoms with van der Waals surface area (Å²) in [5.41, 5.74) is 0. The summed E-state index contributed by atoms with van der Waals surface area (Å²) >= 11 is 0. The third-order valence-corrected chi connectivity index (χ3v) is 3.49. The van der Waals surface area contributed by atoms with Crippen molar-refractivity contribution in [3.8, 4) is 0 Å². The normalized spacial score (nSPS) is 19.9. The first-order valence-electron chi connectivity index (χ1n) is 6.03. The summed E-state index contributed by atoms with van der Waals surface area (Å²) in [7, 11) is 1.59. The van der Waals surface area contributed by atoms with Crippen LogP contribution >= 0.6 is 0 Å². The lowest BCUT2D eigenvalue weighted by atomic mass is 9.98. The van der Waals surface area contributed by atoms with Gasteiger partial charge in [0, 0.05) is 13.0 Å². The van der Waals surface area contributed by atoms with Crippen LogP contribution in [0, 0.1) is 5.92 Å². The van der Waals surface area contributed by atoms with Gasteiger partial charge in [0.2, 0.25) is 5.91 Å². The van der Waals surface area contributed by atoms with Crippen LogP contribution in [0.4, 0.5) is 0 Å². The van der Waals surface area contributed by atoms with Crippen molar-refractivity contribution in [2.75, 3.05) is 7.05 Å². The monoisotopic (exact) mass is 227 g/mol. The molecule has 0 radical (unpaired) electrons. The predicted molar refractivity (Wildman–Crippen MR) is 61.1 cm³/mol. The highest BCUT2D eigenvalue weighted by Gasteiger charge is 2.28. The zero-order valence-corrected chi connectivity index (χ0v) is 10.1. The number of rotatable bonds is 3. The van der Waals surface area contributed by atoms with E-state index in [1.165, 1.54) is 17.7 Å². The molecule has 0 aromatic carbocycles. The molecule has 0 saturated heterocycles. The van der Waals surface area contributed by atoms with Crippen LogP contribution in [-0.4, -0.2) is 35.0 Å². The van der Waals surface area contributed by atoms with Crippen LogP contribution in [0.25, 0.3) is 0 Å². The van der Waals surface area contributed by atoms with E-state index >= 15 is 0 Å². The Morgan fingerprint density at radius 3 is 2.12 bits per heavy atom. The molecule has 92 valence electrons. The number of aliphatic carboxylic acids is 1. The summed E-state index contributed by atoms with van der Waals surface area (Å²) in [6.07, 6.45) is 6.40. The second-order valence-corrected chi connectivity index (χ2v) is 4.65. The van der Waals surface area contributed by atoms with Crippen molar-refractivity contribution in [2.24, 2.45) is 5.92 Å². The molecule has 1 unspecified atom stereocenters. The first-order valence-corrected chi connectivity index (χ1v) is 6.03. The third kappa shape index (κ3) is 3.22. The van der Waals surface area contributed by atoms with Gasteiger partial charge in [-0.05, 0) is 19.8 Å². The number of nitrogens with zero attached hydrogens (tertiary/aromatic N) is 1. The molecular formula is C12H21NO3. The lowest BCUT2D eigenvalue weighted by Gasteiger charge is -2.26. The smallest absolute Gasteiger partial charge is 0.326 e. The van der Waals surface area contributed by atoms with Crippen molar-refractivity contribution in [1.82, 2.24) is 4.90 Å². The average Bonchev–Trinajstić information content (AvgIpc) is 2.54. The first-order chi connectivity index (χ1) is 7.54. The van der Waals surface area contributed by atoms with E-state index in [0.717, 1.165) is 25.7 Å². The lowest BCUT2D eigenvalue weighted by Crippen LogP contribution is -2.43. The predicted octanol–water partition coefficient (Wildman–Crippen LogP) is 1.89. The molecule has 0 bridgehead atoms. The molecule has 1 aliphatic rings. The fourth-order valence-electron chi connectivity index (χ4n) is 2.17. The minimum atomic E-state index is -0.940. The van der Waals surface area contributed by atoms with E-state index in [9.17, 15) is 9.59 Å². The van der Waals surface area contributed by atoms with Crippen LogP contribution in [0.1, 0.15) is 45.4 Å². The van der Waals surface area contributed by atoms with E-state index in [4.69, 9.17) is 5.11 Å². The zero-order valence-electron chi connectivity index (χ0n) is 10.1. The van der Waals surface area contributed by atoms with Crippen LogP contribution in [0.5, 0.6) is 0 Å². The summed E-state index contributed by atoms with van der Waals surface area (Å²) < 4.78 is 0. The number of carboxylic acids is 1. The summed E-state index contributed by atoms with van der Waals surface area (Å²) in [6.45, 7) is 1.55. The zero-order chi connectivity index (χ0) is 12.1. The standard InChI is InChI=1S/C12H21NO3/c1-9(12(15)16)13(2)11(14)10-7-5-3-4-6-8-10/h9-10H,3-8H2,1-2H3,(H,15,16). The first kappa shape index (κ1) is 13.0. The van der Waals surface area contributed by atoms with E-state index in [1.807, 2.05) is 0 Å². The summed E-state index contributed by atoms with van der Waals surface area (Å²) in [6, 6.07) is -0.726. The molecule has 0 aromatic rings. The van der Waals surface area contributed by atoms with Crippen molar-refractivity contribution in [3.63, 3.8) is 0 Å². The highest BCUT2D eigenvalue weighted by Crippen LogP contribution is 2.24. The molecule has 0 aliphatic heterocycles. The van der Waals surface area contributed by atoms with Gasteiger partial charge in [-0.15, -0.1) is 0 Å². The second-order valence-electron chi connectivity index (χ2n) is 4.65. The topological polar surface area (TPSA) is 57.6 Å². The minimum absolute atomic E-state index is 0.00296. The fourth-order valence-corrected chi connectivity index (χ4v) is 2.17. The maximum Gasteiger partial charge on any atom is 0.326 e. The average molecular weight is 227 g/mol. The molecule has 1 atom stereocenters. The number of carboxylic acid groups (broad SMARTS) is 1. The van der Waals surface area contributed by atoms with Crippen LogP contribution in [0.15, 0.2) is 0 Å². The molecule has 1 fully saturated rings. The van der Waals surface area contributed by atoms with Gasteiger partial charge in [-0.2, -0.15) is 0 Å². The van der Waals surface area contributed by atoms with E-state index in [2.05, 4.69) is 0 Å². The minimum Gasteiger partial charge on any atom is -0.480 e. The summed E-state index contributed by atoms with van der Waals surface area (Å²) in [5.74, 6) is -0.907. The van der Waals surface area contributed by atoms with Crippen molar-refractivity contribution in [2.45, 2.75) is 51.5 Å². The fraction of sp³-hybridized carbons (Fsp3) is 0.833. The van der Waals surface area contributed by atoms with E-state index in [1.54, 1.807) is 14.0 Å². The highest BCUT2D eigenvalue weighted by atomic mass is 16.4. The maximum absolute atomic E-state index is 12.1. The molecule has 4 heteroatoms. The Hall–Kier alpha value is -1.06. The van der Waals surface area contributed by atoms with Crippen LogP contribution in [0.3, 0.4) is 0 Å². The van der Waals surface area contributed by atoms with Crippen LogP contribution in [0.2, 0.25) is 0 Å². The van der Waals surface area contributed by atoms with E-state index in [-0.39, 0.29) is 11.8 Å². The largest absolute Gasteiger partial charge is 0.480 e. The van der Waals surface area contributed by atoms with E-state index in [0.29, 0.717) is 0 Å². The van der Waals surface area contributed by atoms with Crippen molar-refractivity contribution in [3.05, 3.63) is 0 Å². The third-order valence-electron chi connectivity index (χ3n) is 3.49. The lowest BCUT2D eigenvalue weighted by molar-refractivity contribution is -0.150. The van der Waals surface area contributed by atoms with Crippen LogP contribution in [-0.2, 0) is 9.59 Å². The molecule has 1 N–H and O–H groups in total. The van der Waals surface area contributed by atoms with Gasteiger partial charge in [-0.1, -0.05) is 25.7 Å². The van der Waals surface area contributed by atoms with E-state index < -0.39 is 12.0 Å². The molecule has 0 aromatic heterocycles. The quantitative estimate of drug-likeness (QED) is 0.749. The summed E-state index contributed by atoms with van der Waals surface area (Å²) in [4.78, 5) is 24.2. The Balaban J connectivity index is 2.57. The van der Waals surface area contributed by atoms with Gasteiger partial charge in [0.05, 0.1) is 0 Å². The number of hydrogen-bond acceptors (Lipinski definition) is 2. The summed E-state index contributed by atoms with van der Waals surface area (Å²) in [5, 5.41) is 8.86. The van der Waals surface area contributed by atoms with Gasteiger partial charge in [-0.25, -0.2) is 4.79 Å². The molecular weight excluding hydrogens is 206 g/mol. The molecule has 4 nitrogen and oxygen atoms in total. The maximum atomic E-state index is 12.1. The van der Waals surface area contributed by atoms with Crippen molar-refractivity contribution < 1.29 is 14.7 Å². The Morgan fingerprint density at radius 2 is 1.69 bits per heavy atom. The number of likely N-dealkylation sites (N-methyl/N-ethyl adjacent to an activating group) is 1. The van der Waals surface area contributed by atoms with Gasteiger partial charge in [0.25, 0.3) is 0 Å². The number of carbonyl (C=O) groups is 2. The molecule has 16 heavy (non-hydrogen) atoms. The van der Waals surface area contributed by atoms with Gasteiger partial charge in [0.15, 0.2) is 0 Å². The Morgan fingerprint density at radius 1 is 1.19 bits per heavy atom. The number of carbonyl (C=O) groups excluding carboxylic acids is 1. The van der Waals surface area contributed by atoms with Gasteiger partial charge >= 0.3 is 5.97 Å². The molecule has 1 rings (SSSR count). The second kappa shape index (κ2) is 5.87. The molecule has 1 amide bonds. The Labute approximate surface area is 96.6 Å². The van der Waals surface area contributed by atoms with Gasteiger partial charge in [0.1, 0.15) is 6.04 Å². The van der Waals surface area contributed by atoms with Crippen molar-refractivity contribution in [1.29, 1.82) is 0 Å². The van der Waals surface area contributed by atoms with Gasteiger partial charge in [-0.3, -0.25) is 4.79 Å². The highest BCUT2D eigenvalue weighted by molar-refractivity contribution is 5.84. The molecule has 0 heterocycles. The van der Waals surface area contributed by atoms with Gasteiger partial charge < -0.3 is 10.0 Å². The molecule has 1 aliphatic carbocycles. The Kier molecular flexibility index (Phi) is 4.77. The Bertz CT molecular complexity index is 257. The SMILES string of the molecule is CC(C(=O)O)N(C)C(=O)C1CCCCCC1. The molecule has 1 saturated carbocycles.